The molecule has 0 aliphatic carbocycles. The van der Waals surface area contributed by atoms with Crippen LogP contribution in [0.2, 0.25) is 5.02 Å². The highest BCUT2D eigenvalue weighted by molar-refractivity contribution is 6.31. The number of carbonyl (C=O) groups is 1. The minimum absolute atomic E-state index is 0.626. The van der Waals surface area contributed by atoms with Gasteiger partial charge in [-0.05, 0) is 34.9 Å². The SMILES string of the molecule is O=C(O)C=Cc1ccc(Cl)cc1-c1ccccc1. The van der Waals surface area contributed by atoms with Crippen LogP contribution < -0.4 is 0 Å². The molecule has 0 aromatic heterocycles. The Labute approximate surface area is 110 Å². The highest BCUT2D eigenvalue weighted by Crippen LogP contribution is 2.27. The Morgan fingerprint density at radius 1 is 1.11 bits per heavy atom. The van der Waals surface area contributed by atoms with Crippen LogP contribution in [0.5, 0.6) is 0 Å². The molecule has 0 spiro atoms. The van der Waals surface area contributed by atoms with Crippen LogP contribution in [0.25, 0.3) is 17.2 Å². The molecule has 2 aromatic carbocycles. The first kappa shape index (κ1) is 12.4. The van der Waals surface area contributed by atoms with Crippen molar-refractivity contribution in [3.8, 4) is 11.1 Å². The summed E-state index contributed by atoms with van der Waals surface area (Å²) in [6.07, 6.45) is 2.69. The summed E-state index contributed by atoms with van der Waals surface area (Å²) in [6, 6.07) is 15.1. The molecule has 0 fully saturated rings. The lowest BCUT2D eigenvalue weighted by molar-refractivity contribution is -0.131. The van der Waals surface area contributed by atoms with E-state index < -0.39 is 5.97 Å². The van der Waals surface area contributed by atoms with Crippen LogP contribution in [0.1, 0.15) is 5.56 Å². The molecule has 18 heavy (non-hydrogen) atoms. The Hall–Kier alpha value is -2.06. The van der Waals surface area contributed by atoms with E-state index in [1.54, 1.807) is 12.1 Å². The molecule has 2 aromatic rings. The number of rotatable bonds is 3. The fourth-order valence-corrected chi connectivity index (χ4v) is 1.87. The maximum atomic E-state index is 10.6. The molecule has 0 heterocycles. The summed E-state index contributed by atoms with van der Waals surface area (Å²) in [5.74, 6) is -0.969. The molecule has 0 aliphatic heterocycles. The molecular weight excluding hydrogens is 248 g/mol. The monoisotopic (exact) mass is 258 g/mol. The highest BCUT2D eigenvalue weighted by atomic mass is 35.5. The zero-order valence-corrected chi connectivity index (χ0v) is 10.3. The maximum Gasteiger partial charge on any atom is 0.328 e. The van der Waals surface area contributed by atoms with E-state index in [1.807, 2.05) is 42.5 Å². The lowest BCUT2D eigenvalue weighted by Gasteiger charge is -2.06. The first-order valence-electron chi connectivity index (χ1n) is 5.43. The first-order valence-corrected chi connectivity index (χ1v) is 5.80. The van der Waals surface area contributed by atoms with Gasteiger partial charge in [0.1, 0.15) is 0 Å². The molecule has 0 atom stereocenters. The third kappa shape index (κ3) is 2.99. The van der Waals surface area contributed by atoms with Crippen LogP contribution in [0.15, 0.2) is 54.6 Å². The van der Waals surface area contributed by atoms with Gasteiger partial charge in [-0.25, -0.2) is 4.79 Å². The van der Waals surface area contributed by atoms with Gasteiger partial charge in [-0.3, -0.25) is 0 Å². The lowest BCUT2D eigenvalue weighted by Crippen LogP contribution is -1.88. The van der Waals surface area contributed by atoms with Crippen LogP contribution in [-0.2, 0) is 4.79 Å². The second-order valence-corrected chi connectivity index (χ2v) is 4.21. The number of aliphatic carboxylic acids is 1. The van der Waals surface area contributed by atoms with E-state index in [0.717, 1.165) is 22.8 Å². The summed E-state index contributed by atoms with van der Waals surface area (Å²) >= 11 is 5.99. The molecule has 0 saturated heterocycles. The zero-order valence-electron chi connectivity index (χ0n) is 9.51. The van der Waals surface area contributed by atoms with E-state index in [-0.39, 0.29) is 0 Å². The Bertz CT molecular complexity index is 589. The minimum Gasteiger partial charge on any atom is -0.478 e. The van der Waals surface area contributed by atoms with Gasteiger partial charge in [0.05, 0.1) is 0 Å². The summed E-state index contributed by atoms with van der Waals surface area (Å²) in [7, 11) is 0. The molecule has 0 aliphatic rings. The third-order valence-electron chi connectivity index (χ3n) is 2.51. The maximum absolute atomic E-state index is 10.6. The van der Waals surface area contributed by atoms with Gasteiger partial charge in [0.25, 0.3) is 0 Å². The standard InChI is InChI=1S/C15H11ClO2/c16-13-8-6-12(7-9-15(17)18)14(10-13)11-4-2-1-3-5-11/h1-10H,(H,17,18). The topological polar surface area (TPSA) is 37.3 Å². The van der Waals surface area contributed by atoms with Crippen molar-refractivity contribution < 1.29 is 9.90 Å². The fraction of sp³-hybridized carbons (Fsp3) is 0. The molecule has 0 saturated carbocycles. The highest BCUT2D eigenvalue weighted by Gasteiger charge is 2.04. The molecule has 0 amide bonds. The summed E-state index contributed by atoms with van der Waals surface area (Å²) in [6.45, 7) is 0. The van der Waals surface area contributed by atoms with Crippen molar-refractivity contribution in [3.05, 3.63) is 65.2 Å². The van der Waals surface area contributed by atoms with Gasteiger partial charge in [-0.2, -0.15) is 0 Å². The van der Waals surface area contributed by atoms with Gasteiger partial charge in [-0.15, -0.1) is 0 Å². The molecule has 2 nitrogen and oxygen atoms in total. The summed E-state index contributed by atoms with van der Waals surface area (Å²) < 4.78 is 0. The average molecular weight is 259 g/mol. The molecule has 1 N–H and O–H groups in total. The second-order valence-electron chi connectivity index (χ2n) is 3.77. The first-order chi connectivity index (χ1) is 8.66. The number of hydrogen-bond donors (Lipinski definition) is 1. The van der Waals surface area contributed by atoms with Crippen molar-refractivity contribution >= 4 is 23.6 Å². The molecule has 0 bridgehead atoms. The molecule has 0 unspecified atom stereocenters. The van der Waals surface area contributed by atoms with Crippen LogP contribution in [0, 0.1) is 0 Å². The van der Waals surface area contributed by atoms with Crippen LogP contribution >= 0.6 is 11.6 Å². The summed E-state index contributed by atoms with van der Waals surface area (Å²) in [4.78, 5) is 10.6. The van der Waals surface area contributed by atoms with E-state index in [2.05, 4.69) is 0 Å². The van der Waals surface area contributed by atoms with Crippen molar-refractivity contribution in [2.24, 2.45) is 0 Å². The van der Waals surface area contributed by atoms with E-state index in [9.17, 15) is 4.79 Å². The lowest BCUT2D eigenvalue weighted by atomic mass is 9.99. The minimum atomic E-state index is -0.969. The van der Waals surface area contributed by atoms with Crippen LogP contribution in [0.3, 0.4) is 0 Å². The molecule has 3 heteroatoms. The van der Waals surface area contributed by atoms with Crippen LogP contribution in [-0.4, -0.2) is 11.1 Å². The Balaban J connectivity index is 2.51. The van der Waals surface area contributed by atoms with E-state index >= 15 is 0 Å². The van der Waals surface area contributed by atoms with Crippen molar-refractivity contribution in [3.63, 3.8) is 0 Å². The smallest absolute Gasteiger partial charge is 0.328 e. The number of carboxylic acid groups (broad SMARTS) is 1. The molecule has 0 radical (unpaired) electrons. The number of carboxylic acids is 1. The van der Waals surface area contributed by atoms with Crippen molar-refractivity contribution in [1.29, 1.82) is 0 Å². The molecule has 2 rings (SSSR count). The Kier molecular flexibility index (Phi) is 3.80. The largest absolute Gasteiger partial charge is 0.478 e. The zero-order chi connectivity index (χ0) is 13.0. The van der Waals surface area contributed by atoms with Crippen molar-refractivity contribution in [1.82, 2.24) is 0 Å². The van der Waals surface area contributed by atoms with Crippen molar-refractivity contribution in [2.75, 3.05) is 0 Å². The van der Waals surface area contributed by atoms with Gasteiger partial charge in [0.2, 0.25) is 0 Å². The average Bonchev–Trinajstić information content (AvgIpc) is 2.38. The molecular formula is C15H11ClO2. The third-order valence-corrected chi connectivity index (χ3v) is 2.74. The number of benzene rings is 2. The van der Waals surface area contributed by atoms with Gasteiger partial charge in [0.15, 0.2) is 0 Å². The van der Waals surface area contributed by atoms with Crippen LogP contribution in [0.4, 0.5) is 0 Å². The normalized spacial score (nSPS) is 10.7. The van der Waals surface area contributed by atoms with E-state index in [0.29, 0.717) is 5.02 Å². The van der Waals surface area contributed by atoms with Gasteiger partial charge in [0, 0.05) is 11.1 Å². The Morgan fingerprint density at radius 2 is 1.83 bits per heavy atom. The quantitative estimate of drug-likeness (QED) is 0.842. The second kappa shape index (κ2) is 5.52. The van der Waals surface area contributed by atoms with E-state index in [1.165, 1.54) is 0 Å². The van der Waals surface area contributed by atoms with Crippen molar-refractivity contribution in [2.45, 2.75) is 0 Å². The summed E-state index contributed by atoms with van der Waals surface area (Å²) in [5, 5.41) is 9.30. The number of halogens is 1. The number of hydrogen-bond acceptors (Lipinski definition) is 1. The molecule has 90 valence electrons. The Morgan fingerprint density at radius 3 is 2.50 bits per heavy atom. The van der Waals surface area contributed by atoms with Gasteiger partial charge < -0.3 is 5.11 Å². The predicted molar refractivity (Wildman–Crippen MR) is 73.6 cm³/mol. The van der Waals surface area contributed by atoms with E-state index in [4.69, 9.17) is 16.7 Å². The predicted octanol–water partition coefficient (Wildman–Crippen LogP) is 4.10. The summed E-state index contributed by atoms with van der Waals surface area (Å²) in [5.41, 5.74) is 2.75. The fourth-order valence-electron chi connectivity index (χ4n) is 1.70. The van der Waals surface area contributed by atoms with Gasteiger partial charge >= 0.3 is 5.97 Å². The van der Waals surface area contributed by atoms with Gasteiger partial charge in [-0.1, -0.05) is 48.0 Å².